The molecule has 0 unspecified atom stereocenters. The number of rotatable bonds is 5. The highest BCUT2D eigenvalue weighted by Gasteiger charge is 2.23. The molecule has 0 N–H and O–H groups in total. The van der Waals surface area contributed by atoms with Crippen molar-refractivity contribution in [2.75, 3.05) is 50.7 Å². The molecule has 2 fully saturated rings. The van der Waals surface area contributed by atoms with Crippen LogP contribution in [0.1, 0.15) is 45.1 Å². The Morgan fingerprint density at radius 2 is 1.68 bits per heavy atom. The predicted molar refractivity (Wildman–Crippen MR) is 100 cm³/mol. The van der Waals surface area contributed by atoms with Gasteiger partial charge >= 0.3 is 0 Å². The Morgan fingerprint density at radius 3 is 2.20 bits per heavy atom. The molecular formula is C19H31N5O. The van der Waals surface area contributed by atoms with Gasteiger partial charge in [0.25, 0.3) is 0 Å². The molecule has 1 aromatic heterocycles. The normalized spacial score (nSPS) is 21.0. The molecule has 1 aromatic rings. The van der Waals surface area contributed by atoms with Crippen LogP contribution >= 0.6 is 0 Å². The van der Waals surface area contributed by atoms with E-state index in [1.54, 1.807) is 6.92 Å². The maximum absolute atomic E-state index is 11.2. The fourth-order valence-electron chi connectivity index (χ4n) is 3.88. The molecule has 2 aliphatic rings. The zero-order valence-electron chi connectivity index (χ0n) is 15.8. The molecule has 0 bridgehead atoms. The monoisotopic (exact) mass is 345 g/mol. The number of carbonyl (C=O) groups excluding carboxylic acids is 1. The van der Waals surface area contributed by atoms with Crippen molar-refractivity contribution in [3.8, 4) is 0 Å². The number of hydrogen-bond donors (Lipinski definition) is 0. The molecule has 3 heterocycles. The first kappa shape index (κ1) is 18.3. The van der Waals surface area contributed by atoms with E-state index >= 15 is 0 Å². The number of Topliss-reactive ketones (excluding diaryl/α,β-unsaturated/α-hetero) is 1. The topological polar surface area (TPSA) is 52.6 Å². The van der Waals surface area contributed by atoms with E-state index in [0.717, 1.165) is 58.1 Å². The average molecular weight is 345 g/mol. The van der Waals surface area contributed by atoms with Gasteiger partial charge in [-0.05, 0) is 58.2 Å². The highest BCUT2D eigenvalue weighted by Crippen LogP contribution is 2.27. The van der Waals surface area contributed by atoms with Gasteiger partial charge in [0.2, 0.25) is 5.95 Å². The van der Waals surface area contributed by atoms with Crippen molar-refractivity contribution in [3.05, 3.63) is 18.0 Å². The lowest BCUT2D eigenvalue weighted by Crippen LogP contribution is -2.49. The molecule has 0 radical (unpaired) electrons. The number of carbonyl (C=O) groups is 1. The SMILES string of the molecule is CC(=O)CN1CCC(c2cnc(N3CCN(C(C)C)CC3)nc2)CC1. The van der Waals surface area contributed by atoms with Crippen LogP contribution in [-0.4, -0.2) is 77.4 Å². The van der Waals surface area contributed by atoms with Crippen molar-refractivity contribution < 1.29 is 4.79 Å². The molecule has 6 nitrogen and oxygen atoms in total. The predicted octanol–water partition coefficient (Wildman–Crippen LogP) is 1.78. The van der Waals surface area contributed by atoms with Crippen LogP contribution in [0.15, 0.2) is 12.4 Å². The summed E-state index contributed by atoms with van der Waals surface area (Å²) in [4.78, 5) is 27.6. The van der Waals surface area contributed by atoms with Crippen molar-refractivity contribution in [2.24, 2.45) is 0 Å². The summed E-state index contributed by atoms with van der Waals surface area (Å²) in [5.41, 5.74) is 1.24. The molecule has 2 saturated heterocycles. The van der Waals surface area contributed by atoms with Gasteiger partial charge < -0.3 is 4.90 Å². The lowest BCUT2D eigenvalue weighted by Gasteiger charge is -2.37. The lowest BCUT2D eigenvalue weighted by atomic mass is 9.91. The number of likely N-dealkylation sites (tertiary alicyclic amines) is 1. The minimum Gasteiger partial charge on any atom is -0.338 e. The van der Waals surface area contributed by atoms with Gasteiger partial charge in [-0.2, -0.15) is 0 Å². The molecule has 3 rings (SSSR count). The Hall–Kier alpha value is -1.53. The quantitative estimate of drug-likeness (QED) is 0.811. The molecule has 0 aliphatic carbocycles. The molecule has 0 atom stereocenters. The third kappa shape index (κ3) is 4.76. The second-order valence-electron chi connectivity index (χ2n) is 7.69. The highest BCUT2D eigenvalue weighted by atomic mass is 16.1. The van der Waals surface area contributed by atoms with Gasteiger partial charge in [-0.25, -0.2) is 9.97 Å². The Labute approximate surface area is 151 Å². The van der Waals surface area contributed by atoms with Gasteiger partial charge in [0.15, 0.2) is 0 Å². The largest absolute Gasteiger partial charge is 0.338 e. The van der Waals surface area contributed by atoms with Crippen molar-refractivity contribution in [2.45, 2.75) is 45.6 Å². The Morgan fingerprint density at radius 1 is 1.08 bits per heavy atom. The van der Waals surface area contributed by atoms with E-state index in [2.05, 4.69) is 38.5 Å². The number of aromatic nitrogens is 2. The summed E-state index contributed by atoms with van der Waals surface area (Å²) >= 11 is 0. The number of anilines is 1. The van der Waals surface area contributed by atoms with Crippen LogP contribution in [0.4, 0.5) is 5.95 Å². The summed E-state index contributed by atoms with van der Waals surface area (Å²) < 4.78 is 0. The number of hydrogen-bond acceptors (Lipinski definition) is 6. The molecule has 0 spiro atoms. The minimum atomic E-state index is 0.253. The van der Waals surface area contributed by atoms with E-state index in [1.165, 1.54) is 5.56 Å². The lowest BCUT2D eigenvalue weighted by molar-refractivity contribution is -0.118. The van der Waals surface area contributed by atoms with Crippen LogP contribution in [0, 0.1) is 0 Å². The Bertz CT molecular complexity index is 558. The first-order valence-electron chi connectivity index (χ1n) is 9.55. The van der Waals surface area contributed by atoms with E-state index in [-0.39, 0.29) is 5.78 Å². The maximum Gasteiger partial charge on any atom is 0.225 e. The van der Waals surface area contributed by atoms with Crippen molar-refractivity contribution >= 4 is 11.7 Å². The van der Waals surface area contributed by atoms with Gasteiger partial charge in [0.1, 0.15) is 5.78 Å². The maximum atomic E-state index is 11.2. The van der Waals surface area contributed by atoms with Crippen LogP contribution in [0.2, 0.25) is 0 Å². The summed E-state index contributed by atoms with van der Waals surface area (Å²) in [6.45, 7) is 12.9. The van der Waals surface area contributed by atoms with Crippen LogP contribution in [0.3, 0.4) is 0 Å². The summed E-state index contributed by atoms with van der Waals surface area (Å²) in [6.07, 6.45) is 6.21. The van der Waals surface area contributed by atoms with Gasteiger partial charge in [0.05, 0.1) is 6.54 Å². The summed E-state index contributed by atoms with van der Waals surface area (Å²) in [5, 5.41) is 0. The highest BCUT2D eigenvalue weighted by molar-refractivity contribution is 5.77. The Kier molecular flexibility index (Phi) is 6.02. The van der Waals surface area contributed by atoms with Gasteiger partial charge in [0, 0.05) is 44.6 Å². The molecule has 0 aromatic carbocycles. The summed E-state index contributed by atoms with van der Waals surface area (Å²) in [7, 11) is 0. The van der Waals surface area contributed by atoms with Crippen LogP contribution in [0.5, 0.6) is 0 Å². The van der Waals surface area contributed by atoms with E-state index in [0.29, 0.717) is 18.5 Å². The van der Waals surface area contributed by atoms with Gasteiger partial charge in [-0.15, -0.1) is 0 Å². The van der Waals surface area contributed by atoms with Crippen molar-refractivity contribution in [1.29, 1.82) is 0 Å². The summed E-state index contributed by atoms with van der Waals surface area (Å²) in [5.74, 6) is 1.64. The molecule has 138 valence electrons. The number of nitrogens with zero attached hydrogens (tertiary/aromatic N) is 5. The van der Waals surface area contributed by atoms with Crippen molar-refractivity contribution in [1.82, 2.24) is 19.8 Å². The standard InChI is InChI=1S/C19H31N5O/c1-15(2)23-8-10-24(11-9-23)19-20-12-18(13-21-19)17-4-6-22(7-5-17)14-16(3)25/h12-13,15,17H,4-11,14H2,1-3H3. The fraction of sp³-hybridized carbons (Fsp3) is 0.737. The zero-order valence-corrected chi connectivity index (χ0v) is 15.8. The van der Waals surface area contributed by atoms with E-state index < -0.39 is 0 Å². The molecule has 6 heteroatoms. The smallest absolute Gasteiger partial charge is 0.225 e. The molecule has 0 saturated carbocycles. The number of piperidine rings is 1. The first-order valence-corrected chi connectivity index (χ1v) is 9.55. The average Bonchev–Trinajstić information content (AvgIpc) is 2.62. The van der Waals surface area contributed by atoms with Crippen molar-refractivity contribution in [3.63, 3.8) is 0 Å². The molecule has 2 aliphatic heterocycles. The summed E-state index contributed by atoms with van der Waals surface area (Å²) in [6, 6.07) is 0.610. The second-order valence-corrected chi connectivity index (χ2v) is 7.69. The third-order valence-corrected chi connectivity index (χ3v) is 5.49. The van der Waals surface area contributed by atoms with E-state index in [4.69, 9.17) is 0 Å². The van der Waals surface area contributed by atoms with Crippen LogP contribution < -0.4 is 4.90 Å². The van der Waals surface area contributed by atoms with Gasteiger partial charge in [-0.3, -0.25) is 14.6 Å². The molecular weight excluding hydrogens is 314 g/mol. The molecule has 0 amide bonds. The molecule has 25 heavy (non-hydrogen) atoms. The van der Waals surface area contributed by atoms with E-state index in [1.807, 2.05) is 12.4 Å². The minimum absolute atomic E-state index is 0.253. The Balaban J connectivity index is 1.52. The van der Waals surface area contributed by atoms with Crippen LogP contribution in [0.25, 0.3) is 0 Å². The third-order valence-electron chi connectivity index (χ3n) is 5.49. The van der Waals surface area contributed by atoms with E-state index in [9.17, 15) is 4.79 Å². The zero-order chi connectivity index (χ0) is 17.8. The fourth-order valence-corrected chi connectivity index (χ4v) is 3.88. The number of piperazine rings is 1. The van der Waals surface area contributed by atoms with Crippen LogP contribution in [-0.2, 0) is 4.79 Å². The van der Waals surface area contributed by atoms with Gasteiger partial charge in [-0.1, -0.05) is 0 Å². The second kappa shape index (κ2) is 8.23. The first-order chi connectivity index (χ1) is 12.0. The number of ketones is 1.